The van der Waals surface area contributed by atoms with Gasteiger partial charge in [0.2, 0.25) is 5.91 Å². The number of anilines is 2. The number of rotatable bonds is 4. The van der Waals surface area contributed by atoms with Crippen LogP contribution in [0.3, 0.4) is 0 Å². The molecule has 0 saturated carbocycles. The van der Waals surface area contributed by atoms with Crippen molar-refractivity contribution in [1.82, 2.24) is 0 Å². The number of carbonyl (C=O) groups excluding carboxylic acids is 1. The first kappa shape index (κ1) is 13.2. The predicted octanol–water partition coefficient (Wildman–Crippen LogP) is 1.88. The highest BCUT2D eigenvalue weighted by molar-refractivity contribution is 5.95. The van der Waals surface area contributed by atoms with Crippen molar-refractivity contribution in [1.29, 1.82) is 0 Å². The van der Waals surface area contributed by atoms with E-state index in [1.54, 1.807) is 12.1 Å². The molecule has 0 spiro atoms. The summed E-state index contributed by atoms with van der Waals surface area (Å²) in [7, 11) is 3.06. The highest BCUT2D eigenvalue weighted by atomic mass is 16.5. The third-order valence-corrected chi connectivity index (χ3v) is 2.34. The van der Waals surface area contributed by atoms with E-state index in [0.29, 0.717) is 22.9 Å². The van der Waals surface area contributed by atoms with Gasteiger partial charge in [0.05, 0.1) is 25.6 Å². The maximum absolute atomic E-state index is 11.6. The van der Waals surface area contributed by atoms with Gasteiger partial charge in [0.15, 0.2) is 11.5 Å². The van der Waals surface area contributed by atoms with Gasteiger partial charge < -0.3 is 20.5 Å². The lowest BCUT2D eigenvalue weighted by Crippen LogP contribution is -2.18. The molecule has 17 heavy (non-hydrogen) atoms. The lowest BCUT2D eigenvalue weighted by atomic mass is 10.2. The summed E-state index contributed by atoms with van der Waals surface area (Å²) in [5.41, 5.74) is 6.79. The van der Waals surface area contributed by atoms with E-state index in [1.165, 1.54) is 14.2 Å². The van der Waals surface area contributed by atoms with Crippen molar-refractivity contribution in [3.05, 3.63) is 12.1 Å². The van der Waals surface area contributed by atoms with Crippen molar-refractivity contribution in [2.45, 2.75) is 13.8 Å². The van der Waals surface area contributed by atoms with Crippen LogP contribution < -0.4 is 20.5 Å². The van der Waals surface area contributed by atoms with Crippen LogP contribution >= 0.6 is 0 Å². The van der Waals surface area contributed by atoms with E-state index in [2.05, 4.69) is 5.32 Å². The summed E-state index contributed by atoms with van der Waals surface area (Å²) in [4.78, 5) is 11.6. The molecule has 0 aliphatic carbocycles. The van der Waals surface area contributed by atoms with Crippen LogP contribution in [0.25, 0.3) is 0 Å². The van der Waals surface area contributed by atoms with Gasteiger partial charge in [0.1, 0.15) is 0 Å². The van der Waals surface area contributed by atoms with Gasteiger partial charge in [-0.15, -0.1) is 0 Å². The molecule has 0 radical (unpaired) electrons. The smallest absolute Gasteiger partial charge is 0.226 e. The number of nitrogens with one attached hydrogen (secondary N) is 1. The Labute approximate surface area is 101 Å². The summed E-state index contributed by atoms with van der Waals surface area (Å²) in [6, 6.07) is 3.27. The van der Waals surface area contributed by atoms with Crippen LogP contribution in [0.2, 0.25) is 0 Å². The molecule has 0 unspecified atom stereocenters. The molecule has 1 rings (SSSR count). The molecule has 0 aliphatic heterocycles. The first-order chi connectivity index (χ1) is 7.99. The molecule has 94 valence electrons. The van der Waals surface area contributed by atoms with E-state index in [4.69, 9.17) is 15.2 Å². The van der Waals surface area contributed by atoms with Crippen molar-refractivity contribution in [3.63, 3.8) is 0 Å². The number of benzene rings is 1. The second-order valence-corrected chi connectivity index (χ2v) is 3.94. The number of ether oxygens (including phenoxy) is 2. The molecule has 3 N–H and O–H groups in total. The average molecular weight is 238 g/mol. The Morgan fingerprint density at radius 3 is 2.24 bits per heavy atom. The van der Waals surface area contributed by atoms with Crippen molar-refractivity contribution in [2.75, 3.05) is 25.3 Å². The second kappa shape index (κ2) is 5.43. The summed E-state index contributed by atoms with van der Waals surface area (Å²) in [5, 5.41) is 2.74. The number of amides is 1. The molecule has 1 amide bonds. The molecule has 5 nitrogen and oxygen atoms in total. The van der Waals surface area contributed by atoms with Crippen LogP contribution in [-0.4, -0.2) is 20.1 Å². The molecular weight excluding hydrogens is 220 g/mol. The van der Waals surface area contributed by atoms with Gasteiger partial charge in [-0.25, -0.2) is 0 Å². The van der Waals surface area contributed by atoms with E-state index in [0.717, 1.165) is 0 Å². The average Bonchev–Trinajstić information content (AvgIpc) is 2.30. The minimum Gasteiger partial charge on any atom is -0.493 e. The first-order valence-electron chi connectivity index (χ1n) is 5.32. The fourth-order valence-electron chi connectivity index (χ4n) is 1.28. The molecule has 0 bridgehead atoms. The fourth-order valence-corrected chi connectivity index (χ4v) is 1.28. The number of hydrogen-bond acceptors (Lipinski definition) is 4. The van der Waals surface area contributed by atoms with E-state index >= 15 is 0 Å². The van der Waals surface area contributed by atoms with Crippen LogP contribution in [0.5, 0.6) is 11.5 Å². The zero-order chi connectivity index (χ0) is 13.0. The summed E-state index contributed by atoms with van der Waals surface area (Å²) >= 11 is 0. The van der Waals surface area contributed by atoms with Gasteiger partial charge in [-0.2, -0.15) is 0 Å². The molecule has 0 fully saturated rings. The van der Waals surface area contributed by atoms with Gasteiger partial charge in [-0.1, -0.05) is 13.8 Å². The standard InChI is InChI=1S/C12H18N2O3/c1-7(2)12(15)14-9-6-11(17-4)10(16-3)5-8(9)13/h5-7H,13H2,1-4H3,(H,14,15). The highest BCUT2D eigenvalue weighted by Crippen LogP contribution is 2.34. The second-order valence-electron chi connectivity index (χ2n) is 3.94. The maximum Gasteiger partial charge on any atom is 0.226 e. The van der Waals surface area contributed by atoms with Crippen molar-refractivity contribution in [2.24, 2.45) is 5.92 Å². The molecule has 0 heterocycles. The molecular formula is C12H18N2O3. The number of carbonyl (C=O) groups is 1. The Hall–Kier alpha value is -1.91. The van der Waals surface area contributed by atoms with Crippen LogP contribution in [-0.2, 0) is 4.79 Å². The third-order valence-electron chi connectivity index (χ3n) is 2.34. The van der Waals surface area contributed by atoms with Gasteiger partial charge in [0.25, 0.3) is 0 Å². The Balaban J connectivity index is 3.04. The Morgan fingerprint density at radius 2 is 1.76 bits per heavy atom. The molecule has 0 aromatic heterocycles. The lowest BCUT2D eigenvalue weighted by Gasteiger charge is -2.14. The van der Waals surface area contributed by atoms with Crippen LogP contribution in [0.1, 0.15) is 13.8 Å². The molecule has 1 aromatic rings. The summed E-state index contributed by atoms with van der Waals surface area (Å²) < 4.78 is 10.2. The van der Waals surface area contributed by atoms with E-state index in [-0.39, 0.29) is 11.8 Å². The van der Waals surface area contributed by atoms with E-state index in [9.17, 15) is 4.79 Å². The topological polar surface area (TPSA) is 73.6 Å². The number of hydrogen-bond donors (Lipinski definition) is 2. The predicted molar refractivity (Wildman–Crippen MR) is 67.4 cm³/mol. The normalized spacial score (nSPS) is 10.2. The Bertz CT molecular complexity index is 416. The highest BCUT2D eigenvalue weighted by Gasteiger charge is 2.13. The lowest BCUT2D eigenvalue weighted by molar-refractivity contribution is -0.118. The fraction of sp³-hybridized carbons (Fsp3) is 0.417. The first-order valence-corrected chi connectivity index (χ1v) is 5.32. The molecule has 5 heteroatoms. The maximum atomic E-state index is 11.6. The van der Waals surface area contributed by atoms with Crippen LogP contribution in [0.15, 0.2) is 12.1 Å². The van der Waals surface area contributed by atoms with Gasteiger partial charge in [-0.05, 0) is 0 Å². The molecule has 0 aliphatic rings. The van der Waals surface area contributed by atoms with Gasteiger partial charge in [0, 0.05) is 18.1 Å². The van der Waals surface area contributed by atoms with Crippen molar-refractivity contribution >= 4 is 17.3 Å². The number of nitrogen functional groups attached to an aromatic ring is 1. The summed E-state index contributed by atoms with van der Waals surface area (Å²) in [6.07, 6.45) is 0. The molecule has 0 saturated heterocycles. The van der Waals surface area contributed by atoms with E-state index in [1.807, 2.05) is 13.8 Å². The van der Waals surface area contributed by atoms with Gasteiger partial charge >= 0.3 is 0 Å². The van der Waals surface area contributed by atoms with Crippen molar-refractivity contribution < 1.29 is 14.3 Å². The zero-order valence-electron chi connectivity index (χ0n) is 10.5. The summed E-state index contributed by atoms with van der Waals surface area (Å²) in [6.45, 7) is 3.62. The third kappa shape index (κ3) is 3.03. The quantitative estimate of drug-likeness (QED) is 0.785. The number of methoxy groups -OCH3 is 2. The SMILES string of the molecule is COc1cc(N)c(NC(=O)C(C)C)cc1OC. The monoisotopic (exact) mass is 238 g/mol. The zero-order valence-corrected chi connectivity index (χ0v) is 10.5. The number of nitrogens with two attached hydrogens (primary N) is 1. The van der Waals surface area contributed by atoms with Crippen LogP contribution in [0, 0.1) is 5.92 Å². The largest absolute Gasteiger partial charge is 0.493 e. The van der Waals surface area contributed by atoms with Gasteiger partial charge in [-0.3, -0.25) is 4.79 Å². The minimum atomic E-state index is -0.109. The van der Waals surface area contributed by atoms with E-state index < -0.39 is 0 Å². The van der Waals surface area contributed by atoms with Crippen molar-refractivity contribution in [3.8, 4) is 11.5 Å². The Kier molecular flexibility index (Phi) is 4.20. The summed E-state index contributed by atoms with van der Waals surface area (Å²) in [5.74, 6) is 0.861. The molecule has 0 atom stereocenters. The van der Waals surface area contributed by atoms with Crippen LogP contribution in [0.4, 0.5) is 11.4 Å². The molecule has 1 aromatic carbocycles. The Morgan fingerprint density at radius 1 is 1.24 bits per heavy atom. The minimum absolute atomic E-state index is 0.0936.